The molecule has 3 aliphatic rings. The van der Waals surface area contributed by atoms with E-state index in [0.29, 0.717) is 11.8 Å². The summed E-state index contributed by atoms with van der Waals surface area (Å²) in [6.45, 7) is 0. The summed E-state index contributed by atoms with van der Waals surface area (Å²) in [6.07, 6.45) is 12.1. The van der Waals surface area contributed by atoms with Gasteiger partial charge in [-0.2, -0.15) is 0 Å². The minimum Gasteiger partial charge on any atom is -0.0766 e. The number of hydrogen-bond donors (Lipinski definition) is 0. The van der Waals surface area contributed by atoms with Gasteiger partial charge in [-0.25, -0.2) is 0 Å². The number of rotatable bonds is 0. The van der Waals surface area contributed by atoms with Crippen molar-refractivity contribution in [1.29, 1.82) is 0 Å². The molecule has 1 saturated carbocycles. The Hall–Kier alpha value is -0.780. The van der Waals surface area contributed by atoms with Crippen molar-refractivity contribution in [2.24, 2.45) is 11.8 Å². The number of fused-ring (bicyclic) bond motifs is 2. The van der Waals surface area contributed by atoms with Crippen molar-refractivity contribution in [3.63, 3.8) is 0 Å². The van der Waals surface area contributed by atoms with Gasteiger partial charge in [-0.05, 0) is 18.4 Å². The van der Waals surface area contributed by atoms with Crippen molar-refractivity contribution >= 4 is 0 Å². The molecule has 0 nitrogen and oxygen atoms in total. The van der Waals surface area contributed by atoms with Crippen LogP contribution in [0.4, 0.5) is 0 Å². The summed E-state index contributed by atoms with van der Waals surface area (Å²) >= 11 is 0. The molecule has 0 heterocycles. The van der Waals surface area contributed by atoms with Crippen molar-refractivity contribution in [1.82, 2.24) is 0 Å². The van der Waals surface area contributed by atoms with E-state index in [0.717, 1.165) is 0 Å². The van der Waals surface area contributed by atoms with E-state index >= 15 is 0 Å². The van der Waals surface area contributed by atoms with Gasteiger partial charge in [0.25, 0.3) is 0 Å². The Balaban J connectivity index is 2.13. The van der Waals surface area contributed by atoms with Crippen LogP contribution in [-0.4, -0.2) is 0 Å². The van der Waals surface area contributed by atoms with E-state index in [1.54, 1.807) is 11.1 Å². The monoisotopic (exact) mass is 130 g/mol. The Morgan fingerprint density at radius 1 is 0.900 bits per heavy atom. The molecule has 0 aromatic carbocycles. The van der Waals surface area contributed by atoms with Crippen LogP contribution in [0.2, 0.25) is 0 Å². The molecule has 0 aromatic rings. The molecule has 0 spiro atoms. The van der Waals surface area contributed by atoms with E-state index in [1.165, 1.54) is 12.8 Å². The average molecular weight is 130 g/mol. The van der Waals surface area contributed by atoms with Crippen molar-refractivity contribution in [2.75, 3.05) is 0 Å². The highest BCUT2D eigenvalue weighted by Gasteiger charge is 2.32. The topological polar surface area (TPSA) is 0 Å². The van der Waals surface area contributed by atoms with Crippen LogP contribution < -0.4 is 0 Å². The molecule has 0 radical (unpaired) electrons. The summed E-state index contributed by atoms with van der Waals surface area (Å²) in [5, 5.41) is 0. The minimum absolute atomic E-state index is 0.711. The molecule has 50 valence electrons. The fourth-order valence-corrected chi connectivity index (χ4v) is 2.07. The van der Waals surface area contributed by atoms with Gasteiger partial charge in [-0.3, -0.25) is 0 Å². The highest BCUT2D eigenvalue weighted by atomic mass is 14.4. The Labute approximate surface area is 60.9 Å². The maximum atomic E-state index is 2.34. The fourth-order valence-electron chi connectivity index (χ4n) is 2.07. The van der Waals surface area contributed by atoms with E-state index in [9.17, 15) is 0 Å². The van der Waals surface area contributed by atoms with Gasteiger partial charge in [0.15, 0.2) is 0 Å². The van der Waals surface area contributed by atoms with Gasteiger partial charge in [-0.15, -0.1) is 0 Å². The van der Waals surface area contributed by atoms with Gasteiger partial charge in [0.1, 0.15) is 0 Å². The summed E-state index contributed by atoms with van der Waals surface area (Å²) in [4.78, 5) is 0. The Kier molecular flexibility index (Phi) is 0.715. The lowest BCUT2D eigenvalue weighted by Gasteiger charge is -2.01. The predicted octanol–water partition coefficient (Wildman–Crippen LogP) is 2.45. The molecule has 0 amide bonds. The zero-order chi connectivity index (χ0) is 6.55. The van der Waals surface area contributed by atoms with Crippen LogP contribution in [0.3, 0.4) is 0 Å². The SMILES string of the molecule is C1=CC2C=CC1C2=C1CC1. The first-order valence-corrected chi connectivity index (χ1v) is 4.03. The second-order valence-electron chi connectivity index (χ2n) is 3.38. The maximum Gasteiger partial charge on any atom is 0.0169 e. The van der Waals surface area contributed by atoms with Crippen LogP contribution in [-0.2, 0) is 0 Å². The quantitative estimate of drug-likeness (QED) is 0.442. The zero-order valence-corrected chi connectivity index (χ0v) is 5.88. The molecule has 0 unspecified atom stereocenters. The normalized spacial score (nSPS) is 40.0. The van der Waals surface area contributed by atoms with Gasteiger partial charge in [0.2, 0.25) is 0 Å². The van der Waals surface area contributed by atoms with Crippen LogP contribution >= 0.6 is 0 Å². The fraction of sp³-hybridized carbons (Fsp3) is 0.400. The largest absolute Gasteiger partial charge is 0.0766 e. The van der Waals surface area contributed by atoms with Crippen LogP contribution in [0.5, 0.6) is 0 Å². The molecule has 3 rings (SSSR count). The molecule has 0 heteroatoms. The van der Waals surface area contributed by atoms with Gasteiger partial charge in [0.05, 0.1) is 0 Å². The van der Waals surface area contributed by atoms with Crippen molar-refractivity contribution in [2.45, 2.75) is 12.8 Å². The second-order valence-corrected chi connectivity index (χ2v) is 3.38. The molecule has 2 bridgehead atoms. The Morgan fingerprint density at radius 3 is 1.80 bits per heavy atom. The Bertz CT molecular complexity index is 228. The van der Waals surface area contributed by atoms with E-state index in [2.05, 4.69) is 24.3 Å². The molecule has 0 saturated heterocycles. The summed E-state index contributed by atoms with van der Waals surface area (Å²) in [5.74, 6) is 1.42. The van der Waals surface area contributed by atoms with Gasteiger partial charge >= 0.3 is 0 Å². The van der Waals surface area contributed by atoms with Crippen molar-refractivity contribution in [3.8, 4) is 0 Å². The standard InChI is InChI=1S/C10H10/c1-2-8-4-3-7(1)10(8)9-5-6-9/h1-4,7-8H,5-6H2. The summed E-state index contributed by atoms with van der Waals surface area (Å²) in [7, 11) is 0. The molecular formula is C10H10. The molecule has 3 aliphatic carbocycles. The third-order valence-corrected chi connectivity index (χ3v) is 2.68. The molecule has 0 N–H and O–H groups in total. The number of allylic oxidation sites excluding steroid dienone is 6. The van der Waals surface area contributed by atoms with Crippen LogP contribution in [0, 0.1) is 11.8 Å². The molecule has 0 atom stereocenters. The maximum absolute atomic E-state index is 2.34. The highest BCUT2D eigenvalue weighted by molar-refractivity contribution is 5.47. The smallest absolute Gasteiger partial charge is 0.0169 e. The average Bonchev–Trinajstić information content (AvgIpc) is 2.65. The van der Waals surface area contributed by atoms with Crippen LogP contribution in [0.15, 0.2) is 35.5 Å². The molecule has 0 aromatic heterocycles. The van der Waals surface area contributed by atoms with Gasteiger partial charge in [-0.1, -0.05) is 29.9 Å². The first-order valence-electron chi connectivity index (χ1n) is 4.03. The van der Waals surface area contributed by atoms with E-state index in [-0.39, 0.29) is 0 Å². The Morgan fingerprint density at radius 2 is 1.40 bits per heavy atom. The lowest BCUT2D eigenvalue weighted by atomic mass is 10.0. The molecule has 10 heavy (non-hydrogen) atoms. The van der Waals surface area contributed by atoms with Crippen molar-refractivity contribution < 1.29 is 0 Å². The lowest BCUT2D eigenvalue weighted by molar-refractivity contribution is 0.948. The van der Waals surface area contributed by atoms with Crippen molar-refractivity contribution in [3.05, 3.63) is 35.5 Å². The minimum atomic E-state index is 0.711. The zero-order valence-electron chi connectivity index (χ0n) is 5.88. The predicted molar refractivity (Wildman–Crippen MR) is 41.5 cm³/mol. The van der Waals surface area contributed by atoms with Crippen LogP contribution in [0.25, 0.3) is 0 Å². The molecular weight excluding hydrogens is 120 g/mol. The van der Waals surface area contributed by atoms with E-state index in [4.69, 9.17) is 0 Å². The first kappa shape index (κ1) is 4.95. The first-order chi connectivity index (χ1) is 4.95. The molecule has 1 fully saturated rings. The lowest BCUT2D eigenvalue weighted by Crippen LogP contribution is -1.90. The summed E-state index contributed by atoms with van der Waals surface area (Å²) < 4.78 is 0. The third-order valence-electron chi connectivity index (χ3n) is 2.68. The summed E-state index contributed by atoms with van der Waals surface area (Å²) in [5.41, 5.74) is 3.46. The van der Waals surface area contributed by atoms with Crippen LogP contribution in [0.1, 0.15) is 12.8 Å². The van der Waals surface area contributed by atoms with E-state index < -0.39 is 0 Å². The van der Waals surface area contributed by atoms with Gasteiger partial charge in [0, 0.05) is 11.8 Å². The van der Waals surface area contributed by atoms with Gasteiger partial charge < -0.3 is 0 Å². The number of hydrogen-bond acceptors (Lipinski definition) is 0. The van der Waals surface area contributed by atoms with E-state index in [1.807, 2.05) is 0 Å². The highest BCUT2D eigenvalue weighted by Crippen LogP contribution is 2.46. The summed E-state index contributed by atoms with van der Waals surface area (Å²) in [6, 6.07) is 0. The molecule has 0 aliphatic heterocycles. The second kappa shape index (κ2) is 1.45. The third kappa shape index (κ3) is 0.476.